The summed E-state index contributed by atoms with van der Waals surface area (Å²) < 4.78 is 0.660. The Morgan fingerprint density at radius 2 is 1.68 bits per heavy atom. The summed E-state index contributed by atoms with van der Waals surface area (Å²) in [7, 11) is 0. The zero-order valence-corrected chi connectivity index (χ0v) is 13.2. The summed E-state index contributed by atoms with van der Waals surface area (Å²) in [6, 6.07) is 11.3. The molecule has 0 radical (unpaired) electrons. The molecule has 0 aliphatic heterocycles. The lowest BCUT2D eigenvalue weighted by atomic mass is 10.00. The molecular weight excluding hydrogens is 276 g/mol. The Bertz CT molecular complexity index is 619. The van der Waals surface area contributed by atoms with E-state index in [0.717, 1.165) is 12.0 Å². The van der Waals surface area contributed by atoms with E-state index in [1.807, 2.05) is 6.92 Å². The maximum absolute atomic E-state index is 12.1. The Kier molecular flexibility index (Phi) is 5.15. The van der Waals surface area contributed by atoms with E-state index in [0.29, 0.717) is 16.2 Å². The predicted molar refractivity (Wildman–Crippen MR) is 86.3 cm³/mol. The lowest BCUT2D eigenvalue weighted by Gasteiger charge is -2.15. The van der Waals surface area contributed by atoms with Crippen LogP contribution in [0.25, 0.3) is 0 Å². The lowest BCUT2D eigenvalue weighted by Crippen LogP contribution is -2.29. The zero-order chi connectivity index (χ0) is 16.1. The number of nitrogens with one attached hydrogen (secondary N) is 1. The van der Waals surface area contributed by atoms with Crippen molar-refractivity contribution in [2.24, 2.45) is 5.92 Å². The Morgan fingerprint density at radius 1 is 1.09 bits per heavy atom. The molecule has 1 aromatic heterocycles. The first-order chi connectivity index (χ1) is 10.5. The summed E-state index contributed by atoms with van der Waals surface area (Å²) >= 11 is 0. The van der Waals surface area contributed by atoms with E-state index in [-0.39, 0.29) is 11.9 Å². The van der Waals surface area contributed by atoms with Gasteiger partial charge in [-0.1, -0.05) is 38.1 Å². The van der Waals surface area contributed by atoms with Crippen LogP contribution in [0.4, 0.5) is 0 Å². The molecule has 1 heterocycles. The van der Waals surface area contributed by atoms with Crippen LogP contribution in [-0.4, -0.2) is 5.91 Å². The molecule has 0 bridgehead atoms. The van der Waals surface area contributed by atoms with Crippen LogP contribution in [0.15, 0.2) is 48.8 Å². The van der Waals surface area contributed by atoms with Gasteiger partial charge in [-0.15, -0.1) is 0 Å². The topological polar surface area (TPSA) is 56.0 Å². The van der Waals surface area contributed by atoms with Crippen molar-refractivity contribution in [3.05, 3.63) is 70.7 Å². The summed E-state index contributed by atoms with van der Waals surface area (Å²) in [4.78, 5) is 12.1. The molecule has 2 aromatic rings. The smallest absolute Gasteiger partial charge is 0.252 e. The molecule has 1 atom stereocenters. The second-order valence-corrected chi connectivity index (χ2v) is 5.98. The summed E-state index contributed by atoms with van der Waals surface area (Å²) in [6.45, 7) is 6.34. The zero-order valence-electron chi connectivity index (χ0n) is 13.2. The molecule has 22 heavy (non-hydrogen) atoms. The van der Waals surface area contributed by atoms with Gasteiger partial charge in [0.2, 0.25) is 0 Å². The predicted octanol–water partition coefficient (Wildman–Crippen LogP) is 3.01. The molecule has 2 rings (SSSR count). The molecule has 1 amide bonds. The van der Waals surface area contributed by atoms with Crippen molar-refractivity contribution >= 4 is 5.91 Å². The number of amides is 1. The molecule has 1 aromatic carbocycles. The first-order valence-electron chi connectivity index (χ1n) is 7.54. The molecule has 116 valence electrons. The van der Waals surface area contributed by atoms with Gasteiger partial charge in [-0.3, -0.25) is 4.79 Å². The molecule has 0 aliphatic carbocycles. The lowest BCUT2D eigenvalue weighted by molar-refractivity contribution is -0.605. The van der Waals surface area contributed by atoms with Crippen molar-refractivity contribution in [3.8, 4) is 0 Å². The van der Waals surface area contributed by atoms with Crippen molar-refractivity contribution in [3.63, 3.8) is 0 Å². The third kappa shape index (κ3) is 4.32. The van der Waals surface area contributed by atoms with Crippen LogP contribution in [0.3, 0.4) is 0 Å². The number of rotatable bonds is 5. The molecule has 1 N–H and O–H groups in total. The van der Waals surface area contributed by atoms with Crippen LogP contribution in [0.2, 0.25) is 0 Å². The van der Waals surface area contributed by atoms with Crippen molar-refractivity contribution in [1.82, 2.24) is 5.32 Å². The SMILES string of the molecule is CC(C)Cc1ccc(C(C)NC(=O)c2cc[n+]([O-])cc2)cc1. The number of pyridine rings is 1. The van der Waals surface area contributed by atoms with Gasteiger partial charge in [0.15, 0.2) is 12.4 Å². The van der Waals surface area contributed by atoms with Gasteiger partial charge in [-0.2, -0.15) is 4.73 Å². The van der Waals surface area contributed by atoms with Gasteiger partial charge in [0.1, 0.15) is 0 Å². The van der Waals surface area contributed by atoms with Gasteiger partial charge < -0.3 is 10.5 Å². The van der Waals surface area contributed by atoms with E-state index in [9.17, 15) is 10.0 Å². The normalized spacial score (nSPS) is 12.2. The van der Waals surface area contributed by atoms with E-state index < -0.39 is 0 Å². The van der Waals surface area contributed by atoms with E-state index in [1.165, 1.54) is 30.1 Å². The van der Waals surface area contributed by atoms with Crippen LogP contribution in [0.5, 0.6) is 0 Å². The largest absolute Gasteiger partial charge is 0.619 e. The molecule has 1 unspecified atom stereocenters. The standard InChI is InChI=1S/C18H22N2O2/c1-13(2)12-15-4-6-16(7-5-15)14(3)19-18(21)17-8-10-20(22)11-9-17/h4-11,13-14H,12H2,1-3H3,(H,19,21). The average molecular weight is 298 g/mol. The Balaban J connectivity index is 2.00. The van der Waals surface area contributed by atoms with Gasteiger partial charge in [0.25, 0.3) is 5.91 Å². The minimum Gasteiger partial charge on any atom is -0.619 e. The Labute approximate surface area is 131 Å². The molecule has 0 saturated carbocycles. The third-order valence-corrected chi connectivity index (χ3v) is 3.54. The average Bonchev–Trinajstić information content (AvgIpc) is 2.48. The van der Waals surface area contributed by atoms with Crippen LogP contribution in [-0.2, 0) is 6.42 Å². The molecule has 4 heteroatoms. The molecular formula is C18H22N2O2. The molecule has 0 aliphatic rings. The minimum atomic E-state index is -0.181. The number of carbonyl (C=O) groups is 1. The van der Waals surface area contributed by atoms with Gasteiger partial charge in [-0.05, 0) is 30.4 Å². The van der Waals surface area contributed by atoms with Gasteiger partial charge in [-0.25, -0.2) is 0 Å². The van der Waals surface area contributed by atoms with Crippen molar-refractivity contribution in [2.45, 2.75) is 33.2 Å². The van der Waals surface area contributed by atoms with Crippen LogP contribution in [0.1, 0.15) is 48.3 Å². The highest BCUT2D eigenvalue weighted by atomic mass is 16.5. The molecule has 0 spiro atoms. The van der Waals surface area contributed by atoms with E-state index >= 15 is 0 Å². The number of nitrogens with zero attached hydrogens (tertiary/aromatic N) is 1. The van der Waals surface area contributed by atoms with Crippen LogP contribution in [0, 0.1) is 11.1 Å². The Hall–Kier alpha value is -2.36. The highest BCUT2D eigenvalue weighted by molar-refractivity contribution is 5.94. The summed E-state index contributed by atoms with van der Waals surface area (Å²) in [5, 5.41) is 13.9. The van der Waals surface area contributed by atoms with E-state index in [2.05, 4.69) is 43.4 Å². The van der Waals surface area contributed by atoms with Gasteiger partial charge in [0.05, 0.1) is 11.6 Å². The van der Waals surface area contributed by atoms with Crippen molar-refractivity contribution < 1.29 is 9.52 Å². The minimum absolute atomic E-state index is 0.0832. The van der Waals surface area contributed by atoms with E-state index in [1.54, 1.807) is 0 Å². The third-order valence-electron chi connectivity index (χ3n) is 3.54. The summed E-state index contributed by atoms with van der Waals surface area (Å²) in [5.74, 6) is 0.448. The fraction of sp³-hybridized carbons (Fsp3) is 0.333. The fourth-order valence-electron chi connectivity index (χ4n) is 2.34. The highest BCUT2D eigenvalue weighted by Gasteiger charge is 2.12. The molecule has 0 fully saturated rings. The maximum Gasteiger partial charge on any atom is 0.252 e. The second kappa shape index (κ2) is 7.07. The van der Waals surface area contributed by atoms with Crippen LogP contribution >= 0.6 is 0 Å². The fourth-order valence-corrected chi connectivity index (χ4v) is 2.34. The van der Waals surface area contributed by atoms with Crippen LogP contribution < -0.4 is 10.0 Å². The monoisotopic (exact) mass is 298 g/mol. The number of carbonyl (C=O) groups excluding carboxylic acids is 1. The maximum atomic E-state index is 12.1. The number of aromatic nitrogens is 1. The molecule has 0 saturated heterocycles. The first-order valence-corrected chi connectivity index (χ1v) is 7.54. The second-order valence-electron chi connectivity index (χ2n) is 5.98. The first kappa shape index (κ1) is 16.0. The number of hydrogen-bond donors (Lipinski definition) is 1. The molecule has 4 nitrogen and oxygen atoms in total. The van der Waals surface area contributed by atoms with E-state index in [4.69, 9.17) is 0 Å². The number of benzene rings is 1. The number of hydrogen-bond acceptors (Lipinski definition) is 2. The Morgan fingerprint density at radius 3 is 2.23 bits per heavy atom. The summed E-state index contributed by atoms with van der Waals surface area (Å²) in [5.41, 5.74) is 2.85. The quantitative estimate of drug-likeness (QED) is 0.681. The highest BCUT2D eigenvalue weighted by Crippen LogP contribution is 2.16. The van der Waals surface area contributed by atoms with Crippen molar-refractivity contribution in [2.75, 3.05) is 0 Å². The van der Waals surface area contributed by atoms with Crippen molar-refractivity contribution in [1.29, 1.82) is 0 Å². The van der Waals surface area contributed by atoms with Gasteiger partial charge in [0, 0.05) is 12.1 Å². The summed E-state index contributed by atoms with van der Waals surface area (Å²) in [6.07, 6.45) is 3.70. The van der Waals surface area contributed by atoms with Gasteiger partial charge >= 0.3 is 0 Å².